The first-order valence-corrected chi connectivity index (χ1v) is 5.59. The lowest BCUT2D eigenvalue weighted by Gasteiger charge is -2.19. The molecule has 1 heterocycles. The number of fused-ring (bicyclic) bond motifs is 1. The van der Waals surface area contributed by atoms with Crippen LogP contribution in [0.1, 0.15) is 12.0 Å². The van der Waals surface area contributed by atoms with Crippen molar-refractivity contribution in [3.8, 4) is 11.8 Å². The van der Waals surface area contributed by atoms with Crippen LogP contribution in [0, 0.1) is 11.3 Å². The number of para-hydroxylation sites is 1. The standard InChI is InChI=1S/C13H16N2O/c1-15(8-4-7-14)10-12-9-11-5-2-3-6-13(11)16-12/h2-3,5-6,12H,4,8-10H2,1H3/t12-/m0/s1. The Balaban J connectivity index is 1.85. The van der Waals surface area contributed by atoms with Crippen LogP contribution in [0.5, 0.6) is 5.75 Å². The summed E-state index contributed by atoms with van der Waals surface area (Å²) in [6.07, 6.45) is 1.80. The minimum Gasteiger partial charge on any atom is -0.488 e. The molecular formula is C13H16N2O. The van der Waals surface area contributed by atoms with Crippen LogP contribution < -0.4 is 4.74 Å². The number of benzene rings is 1. The molecule has 0 radical (unpaired) electrons. The van der Waals surface area contributed by atoms with Crippen LogP contribution in [0.25, 0.3) is 0 Å². The van der Waals surface area contributed by atoms with Gasteiger partial charge in [0.25, 0.3) is 0 Å². The van der Waals surface area contributed by atoms with Gasteiger partial charge in [-0.2, -0.15) is 5.26 Å². The van der Waals surface area contributed by atoms with Crippen LogP contribution in [0.3, 0.4) is 0 Å². The van der Waals surface area contributed by atoms with Crippen LogP contribution in [0.2, 0.25) is 0 Å². The molecule has 1 aromatic rings. The lowest BCUT2D eigenvalue weighted by Crippen LogP contribution is -2.32. The van der Waals surface area contributed by atoms with Crippen molar-refractivity contribution in [1.29, 1.82) is 5.26 Å². The summed E-state index contributed by atoms with van der Waals surface area (Å²) >= 11 is 0. The number of hydrogen-bond acceptors (Lipinski definition) is 3. The Morgan fingerprint density at radius 3 is 3.06 bits per heavy atom. The van der Waals surface area contributed by atoms with Crippen molar-refractivity contribution >= 4 is 0 Å². The smallest absolute Gasteiger partial charge is 0.123 e. The summed E-state index contributed by atoms with van der Waals surface area (Å²) in [5.41, 5.74) is 1.29. The van der Waals surface area contributed by atoms with E-state index in [2.05, 4.69) is 17.0 Å². The van der Waals surface area contributed by atoms with Crippen molar-refractivity contribution in [2.45, 2.75) is 18.9 Å². The van der Waals surface area contributed by atoms with Crippen LogP contribution in [-0.2, 0) is 6.42 Å². The highest BCUT2D eigenvalue weighted by Gasteiger charge is 2.23. The van der Waals surface area contributed by atoms with Gasteiger partial charge in [0.15, 0.2) is 0 Å². The van der Waals surface area contributed by atoms with E-state index in [1.807, 2.05) is 25.2 Å². The molecule has 0 aliphatic carbocycles. The molecule has 0 saturated carbocycles. The second kappa shape index (κ2) is 5.00. The minimum atomic E-state index is 0.237. The summed E-state index contributed by atoms with van der Waals surface area (Å²) in [6.45, 7) is 1.70. The second-order valence-electron chi connectivity index (χ2n) is 4.22. The van der Waals surface area contributed by atoms with Crippen molar-refractivity contribution in [3.63, 3.8) is 0 Å². The molecular weight excluding hydrogens is 200 g/mol. The number of hydrogen-bond donors (Lipinski definition) is 0. The summed E-state index contributed by atoms with van der Waals surface area (Å²) in [6, 6.07) is 10.3. The molecule has 3 nitrogen and oxygen atoms in total. The van der Waals surface area contributed by atoms with Crippen LogP contribution >= 0.6 is 0 Å². The molecule has 1 aliphatic rings. The first-order chi connectivity index (χ1) is 7.79. The van der Waals surface area contributed by atoms with E-state index in [0.717, 1.165) is 25.3 Å². The molecule has 0 spiro atoms. The topological polar surface area (TPSA) is 36.3 Å². The fraction of sp³-hybridized carbons (Fsp3) is 0.462. The average Bonchev–Trinajstić information content (AvgIpc) is 2.68. The summed E-state index contributed by atoms with van der Waals surface area (Å²) in [4.78, 5) is 2.15. The van der Waals surface area contributed by atoms with Crippen molar-refractivity contribution in [3.05, 3.63) is 29.8 Å². The van der Waals surface area contributed by atoms with Crippen molar-refractivity contribution < 1.29 is 4.74 Å². The van der Waals surface area contributed by atoms with Gasteiger partial charge >= 0.3 is 0 Å². The maximum Gasteiger partial charge on any atom is 0.123 e. The molecule has 0 amide bonds. The molecule has 0 unspecified atom stereocenters. The third-order valence-electron chi connectivity index (χ3n) is 2.83. The summed E-state index contributed by atoms with van der Waals surface area (Å²) < 4.78 is 5.83. The van der Waals surface area contributed by atoms with Gasteiger partial charge in [-0.1, -0.05) is 18.2 Å². The van der Waals surface area contributed by atoms with Gasteiger partial charge in [0.05, 0.1) is 6.07 Å². The van der Waals surface area contributed by atoms with Gasteiger partial charge < -0.3 is 9.64 Å². The monoisotopic (exact) mass is 216 g/mol. The highest BCUT2D eigenvalue weighted by Crippen LogP contribution is 2.28. The number of nitrogens with zero attached hydrogens (tertiary/aromatic N) is 2. The minimum absolute atomic E-state index is 0.237. The molecule has 0 bridgehead atoms. The second-order valence-corrected chi connectivity index (χ2v) is 4.22. The molecule has 84 valence electrons. The summed E-state index contributed by atoms with van der Waals surface area (Å²) in [5.74, 6) is 1.01. The molecule has 1 atom stereocenters. The van der Waals surface area contributed by atoms with Gasteiger partial charge in [0.2, 0.25) is 0 Å². The number of nitriles is 1. The Labute approximate surface area is 96.2 Å². The van der Waals surface area contributed by atoms with E-state index in [-0.39, 0.29) is 6.10 Å². The first kappa shape index (κ1) is 11.0. The van der Waals surface area contributed by atoms with Gasteiger partial charge in [-0.25, -0.2) is 0 Å². The summed E-state index contributed by atoms with van der Waals surface area (Å²) in [7, 11) is 2.03. The zero-order valence-electron chi connectivity index (χ0n) is 9.52. The van der Waals surface area contributed by atoms with Crippen LogP contribution in [0.15, 0.2) is 24.3 Å². The Bertz CT molecular complexity index is 372. The zero-order valence-corrected chi connectivity index (χ0v) is 9.52. The van der Waals surface area contributed by atoms with Crippen molar-refractivity contribution in [2.24, 2.45) is 0 Å². The Morgan fingerprint density at radius 2 is 2.31 bits per heavy atom. The molecule has 16 heavy (non-hydrogen) atoms. The molecule has 0 N–H and O–H groups in total. The highest BCUT2D eigenvalue weighted by molar-refractivity contribution is 5.37. The van der Waals surface area contributed by atoms with Crippen molar-refractivity contribution in [2.75, 3.05) is 20.1 Å². The fourth-order valence-electron chi connectivity index (χ4n) is 2.04. The zero-order chi connectivity index (χ0) is 11.4. The molecule has 1 aliphatic heterocycles. The molecule has 1 aromatic carbocycles. The molecule has 3 heteroatoms. The van der Waals surface area contributed by atoms with E-state index in [4.69, 9.17) is 10.00 Å². The maximum absolute atomic E-state index is 8.51. The molecule has 0 saturated heterocycles. The van der Waals surface area contributed by atoms with Crippen LogP contribution in [0.4, 0.5) is 0 Å². The molecule has 0 aromatic heterocycles. The lowest BCUT2D eigenvalue weighted by atomic mass is 10.1. The predicted octanol–water partition coefficient (Wildman–Crippen LogP) is 1.84. The Morgan fingerprint density at radius 1 is 1.50 bits per heavy atom. The number of rotatable bonds is 4. The normalized spacial score (nSPS) is 17.9. The largest absolute Gasteiger partial charge is 0.488 e. The predicted molar refractivity (Wildman–Crippen MR) is 62.3 cm³/mol. The van der Waals surface area contributed by atoms with Gasteiger partial charge in [-0.05, 0) is 18.7 Å². The van der Waals surface area contributed by atoms with E-state index >= 15 is 0 Å². The summed E-state index contributed by atoms with van der Waals surface area (Å²) in [5, 5.41) is 8.51. The van der Waals surface area contributed by atoms with Gasteiger partial charge in [0, 0.05) is 25.9 Å². The Hall–Kier alpha value is -1.53. The van der Waals surface area contributed by atoms with Crippen molar-refractivity contribution in [1.82, 2.24) is 4.90 Å². The van der Waals surface area contributed by atoms with Crippen LogP contribution in [-0.4, -0.2) is 31.1 Å². The van der Waals surface area contributed by atoms with E-state index in [9.17, 15) is 0 Å². The number of ether oxygens (including phenoxy) is 1. The third kappa shape index (κ3) is 2.53. The highest BCUT2D eigenvalue weighted by atomic mass is 16.5. The van der Waals surface area contributed by atoms with E-state index in [1.165, 1.54) is 5.56 Å². The third-order valence-corrected chi connectivity index (χ3v) is 2.83. The first-order valence-electron chi connectivity index (χ1n) is 5.59. The number of likely N-dealkylation sites (N-methyl/N-ethyl adjacent to an activating group) is 1. The quantitative estimate of drug-likeness (QED) is 0.770. The van der Waals surface area contributed by atoms with E-state index in [1.54, 1.807) is 0 Å². The maximum atomic E-state index is 8.51. The van der Waals surface area contributed by atoms with Gasteiger partial charge in [-0.15, -0.1) is 0 Å². The lowest BCUT2D eigenvalue weighted by molar-refractivity contribution is 0.170. The average molecular weight is 216 g/mol. The van der Waals surface area contributed by atoms with Gasteiger partial charge in [0.1, 0.15) is 11.9 Å². The molecule has 0 fully saturated rings. The van der Waals surface area contributed by atoms with E-state index in [0.29, 0.717) is 6.42 Å². The molecule has 2 rings (SSSR count). The fourth-order valence-corrected chi connectivity index (χ4v) is 2.04. The Kier molecular flexibility index (Phi) is 3.43. The van der Waals surface area contributed by atoms with E-state index < -0.39 is 0 Å². The SMILES string of the molecule is CN(CCC#N)C[C@@H]1Cc2ccccc2O1. The van der Waals surface area contributed by atoms with Gasteiger partial charge in [-0.3, -0.25) is 0 Å².